The molecule has 1 aliphatic carbocycles. The summed E-state index contributed by atoms with van der Waals surface area (Å²) in [6, 6.07) is 7.35. The molecular formula is C10H9O3. The third kappa shape index (κ3) is 1.37. The summed E-state index contributed by atoms with van der Waals surface area (Å²) in [5, 5.41) is 19.8. The molecule has 2 unspecified atom stereocenters. The first-order chi connectivity index (χ1) is 6.33. The van der Waals surface area contributed by atoms with E-state index >= 15 is 0 Å². The Morgan fingerprint density at radius 2 is 2.08 bits per heavy atom. The third-order valence-electron chi connectivity index (χ3n) is 2.19. The summed E-state index contributed by atoms with van der Waals surface area (Å²) >= 11 is 0. The molecule has 1 aromatic carbocycles. The molecule has 0 fully saturated rings. The second kappa shape index (κ2) is 3.30. The molecule has 1 radical (unpaired) electrons. The van der Waals surface area contributed by atoms with Gasteiger partial charge in [-0.25, -0.2) is 0 Å². The van der Waals surface area contributed by atoms with E-state index in [1.54, 1.807) is 18.2 Å². The lowest BCUT2D eigenvalue weighted by Gasteiger charge is -2.22. The minimum absolute atomic E-state index is 0.743. The number of hydrogen-bond donors (Lipinski definition) is 1. The minimum atomic E-state index is -0.840. The van der Waals surface area contributed by atoms with E-state index in [4.69, 9.17) is 0 Å². The Balaban J connectivity index is 2.47. The third-order valence-corrected chi connectivity index (χ3v) is 2.19. The Labute approximate surface area is 75.8 Å². The summed E-state index contributed by atoms with van der Waals surface area (Å²) in [4.78, 5) is 3.98. The number of fused-ring (bicyclic) bond motifs is 1. The van der Waals surface area contributed by atoms with Gasteiger partial charge in [0.25, 0.3) is 0 Å². The van der Waals surface area contributed by atoms with Crippen molar-refractivity contribution >= 4 is 6.08 Å². The van der Waals surface area contributed by atoms with Crippen molar-refractivity contribution in [1.82, 2.24) is 0 Å². The maximum absolute atomic E-state index is 10.4. The van der Waals surface area contributed by atoms with E-state index in [1.165, 1.54) is 0 Å². The van der Waals surface area contributed by atoms with Gasteiger partial charge in [0.1, 0.15) is 6.10 Å². The van der Waals surface area contributed by atoms with Gasteiger partial charge in [0.15, 0.2) is 6.10 Å². The monoisotopic (exact) mass is 177 g/mol. The van der Waals surface area contributed by atoms with Crippen molar-refractivity contribution < 1.29 is 15.3 Å². The van der Waals surface area contributed by atoms with Crippen LogP contribution in [0, 0.1) is 0 Å². The molecule has 2 atom stereocenters. The number of rotatable bonds is 1. The number of hydrogen-bond acceptors (Lipinski definition) is 2. The highest BCUT2D eigenvalue weighted by atomic mass is 17.1. The van der Waals surface area contributed by atoms with E-state index in [9.17, 15) is 10.4 Å². The van der Waals surface area contributed by atoms with E-state index in [0.29, 0.717) is 0 Å². The highest BCUT2D eigenvalue weighted by Gasteiger charge is 2.25. The predicted molar refractivity (Wildman–Crippen MR) is 46.0 cm³/mol. The lowest BCUT2D eigenvalue weighted by Crippen LogP contribution is -2.21. The molecule has 13 heavy (non-hydrogen) atoms. The van der Waals surface area contributed by atoms with Crippen LogP contribution in [0.1, 0.15) is 17.2 Å². The van der Waals surface area contributed by atoms with Gasteiger partial charge < -0.3 is 5.11 Å². The standard InChI is InChI=1S/C10H9O3/c11-9-6-5-7-3-1-2-4-8(7)10(9)13-12/h1-6,9-11H. The number of aliphatic hydroxyl groups is 1. The summed E-state index contributed by atoms with van der Waals surface area (Å²) < 4.78 is 0. The van der Waals surface area contributed by atoms with E-state index < -0.39 is 12.2 Å². The molecule has 1 N–H and O–H groups in total. The lowest BCUT2D eigenvalue weighted by molar-refractivity contribution is -0.349. The van der Waals surface area contributed by atoms with Crippen LogP contribution in [-0.2, 0) is 10.1 Å². The molecule has 1 aliphatic rings. The molecule has 0 spiro atoms. The molecule has 0 aliphatic heterocycles. The van der Waals surface area contributed by atoms with Gasteiger partial charge in [-0.1, -0.05) is 36.4 Å². The molecule has 0 aromatic heterocycles. The van der Waals surface area contributed by atoms with Crippen LogP contribution in [0.5, 0.6) is 0 Å². The van der Waals surface area contributed by atoms with Crippen molar-refractivity contribution in [2.75, 3.05) is 0 Å². The second-order valence-electron chi connectivity index (χ2n) is 3.00. The average molecular weight is 177 g/mol. The fourth-order valence-corrected chi connectivity index (χ4v) is 1.52. The maximum Gasteiger partial charge on any atom is 0.151 e. The summed E-state index contributed by atoms with van der Waals surface area (Å²) in [6.45, 7) is 0. The van der Waals surface area contributed by atoms with E-state index in [0.717, 1.165) is 11.1 Å². The molecule has 2 rings (SSSR count). The molecule has 0 heterocycles. The molecular weight excluding hydrogens is 168 g/mol. The molecule has 0 saturated heterocycles. The summed E-state index contributed by atoms with van der Waals surface area (Å²) in [7, 11) is 0. The van der Waals surface area contributed by atoms with Crippen molar-refractivity contribution in [1.29, 1.82) is 0 Å². The zero-order chi connectivity index (χ0) is 9.26. The minimum Gasteiger partial charge on any atom is -0.386 e. The van der Waals surface area contributed by atoms with Gasteiger partial charge in [0, 0.05) is 0 Å². The Morgan fingerprint density at radius 1 is 1.31 bits per heavy atom. The van der Waals surface area contributed by atoms with Gasteiger partial charge in [-0.15, -0.1) is 0 Å². The van der Waals surface area contributed by atoms with E-state index in [1.807, 2.05) is 18.2 Å². The van der Waals surface area contributed by atoms with Crippen molar-refractivity contribution in [2.24, 2.45) is 0 Å². The van der Waals surface area contributed by atoms with E-state index in [-0.39, 0.29) is 0 Å². The summed E-state index contributed by atoms with van der Waals surface area (Å²) in [6.07, 6.45) is 1.73. The first-order valence-electron chi connectivity index (χ1n) is 4.07. The van der Waals surface area contributed by atoms with Crippen LogP contribution in [-0.4, -0.2) is 11.2 Å². The van der Waals surface area contributed by atoms with E-state index in [2.05, 4.69) is 4.89 Å². The van der Waals surface area contributed by atoms with Crippen LogP contribution in [0.15, 0.2) is 30.3 Å². The fourth-order valence-electron chi connectivity index (χ4n) is 1.52. The lowest BCUT2D eigenvalue weighted by atomic mass is 9.93. The first-order valence-corrected chi connectivity index (χ1v) is 4.07. The topological polar surface area (TPSA) is 49.4 Å². The first kappa shape index (κ1) is 8.44. The van der Waals surface area contributed by atoms with Gasteiger partial charge in [-0.3, -0.25) is 0 Å². The van der Waals surface area contributed by atoms with Crippen LogP contribution >= 0.6 is 0 Å². The Hall–Kier alpha value is -1.16. The van der Waals surface area contributed by atoms with Crippen molar-refractivity contribution in [3.63, 3.8) is 0 Å². The largest absolute Gasteiger partial charge is 0.386 e. The van der Waals surface area contributed by atoms with Crippen LogP contribution in [0.2, 0.25) is 0 Å². The highest BCUT2D eigenvalue weighted by Crippen LogP contribution is 2.29. The van der Waals surface area contributed by atoms with Crippen LogP contribution < -0.4 is 0 Å². The zero-order valence-electron chi connectivity index (χ0n) is 6.88. The summed E-state index contributed by atoms with van der Waals surface area (Å²) in [5.41, 5.74) is 1.67. The number of aliphatic hydroxyl groups excluding tert-OH is 1. The summed E-state index contributed by atoms with van der Waals surface area (Å²) in [5.74, 6) is 0. The molecule has 0 saturated carbocycles. The van der Waals surface area contributed by atoms with Crippen molar-refractivity contribution in [3.8, 4) is 0 Å². The molecule has 1 aromatic rings. The van der Waals surface area contributed by atoms with Crippen molar-refractivity contribution in [3.05, 3.63) is 41.5 Å². The van der Waals surface area contributed by atoms with Gasteiger partial charge in [0.2, 0.25) is 0 Å². The fraction of sp³-hybridized carbons (Fsp3) is 0.200. The van der Waals surface area contributed by atoms with Crippen LogP contribution in [0.3, 0.4) is 0 Å². The quantitative estimate of drug-likeness (QED) is 0.521. The highest BCUT2D eigenvalue weighted by molar-refractivity contribution is 5.58. The SMILES string of the molecule is [O]OC1c2ccccc2C=CC1O. The Kier molecular flexibility index (Phi) is 2.14. The van der Waals surface area contributed by atoms with Gasteiger partial charge in [-0.2, -0.15) is 4.89 Å². The Morgan fingerprint density at radius 3 is 2.85 bits per heavy atom. The molecule has 0 bridgehead atoms. The van der Waals surface area contributed by atoms with Crippen molar-refractivity contribution in [2.45, 2.75) is 12.2 Å². The number of benzene rings is 1. The molecule has 3 nitrogen and oxygen atoms in total. The zero-order valence-corrected chi connectivity index (χ0v) is 6.88. The molecule has 3 heteroatoms. The normalized spacial score (nSPS) is 25.7. The van der Waals surface area contributed by atoms with Gasteiger partial charge in [-0.05, 0) is 16.4 Å². The smallest absolute Gasteiger partial charge is 0.151 e. The van der Waals surface area contributed by atoms with Crippen LogP contribution in [0.25, 0.3) is 6.08 Å². The van der Waals surface area contributed by atoms with Gasteiger partial charge >= 0.3 is 0 Å². The molecule has 0 amide bonds. The maximum atomic E-state index is 10.4. The predicted octanol–water partition coefficient (Wildman–Crippen LogP) is 1.48. The second-order valence-corrected chi connectivity index (χ2v) is 3.00. The Bertz CT molecular complexity index is 333. The average Bonchev–Trinajstić information content (AvgIpc) is 2.18. The molecule has 67 valence electrons. The van der Waals surface area contributed by atoms with Gasteiger partial charge in [0.05, 0.1) is 0 Å². The van der Waals surface area contributed by atoms with Crippen LogP contribution in [0.4, 0.5) is 0 Å².